The average Bonchev–Trinajstić information content (AvgIpc) is 2.37. The third kappa shape index (κ3) is 3.11. The van der Waals surface area contributed by atoms with Gasteiger partial charge in [0, 0.05) is 6.04 Å². The number of guanidine groups is 1. The zero-order valence-corrected chi connectivity index (χ0v) is 9.99. The van der Waals surface area contributed by atoms with Crippen LogP contribution in [0.2, 0.25) is 0 Å². The first kappa shape index (κ1) is 15.2. The number of hydrogen-bond acceptors (Lipinski definition) is 2. The summed E-state index contributed by atoms with van der Waals surface area (Å²) >= 11 is 0. The van der Waals surface area contributed by atoms with Crippen LogP contribution in [0.4, 0.5) is 27.6 Å². The summed E-state index contributed by atoms with van der Waals surface area (Å²) in [5.74, 6) is -5.64. The molecule has 1 aromatic carbocycles. The van der Waals surface area contributed by atoms with Crippen molar-refractivity contribution in [3.05, 3.63) is 29.1 Å². The molecule has 106 valence electrons. The molecule has 0 atom stereocenters. The number of rotatable bonds is 2. The SMILES string of the molecule is CC(C)N=C(NN)Nc1c(F)c(F)c(F)c(F)c1F. The summed E-state index contributed by atoms with van der Waals surface area (Å²) in [6.07, 6.45) is 0. The van der Waals surface area contributed by atoms with E-state index >= 15 is 0 Å². The number of halogens is 5. The molecule has 0 unspecified atom stereocenters. The summed E-state index contributed by atoms with van der Waals surface area (Å²) < 4.78 is 65.3. The monoisotopic (exact) mass is 282 g/mol. The van der Waals surface area contributed by atoms with Crippen molar-refractivity contribution in [2.75, 3.05) is 5.32 Å². The Bertz CT molecular complexity index is 486. The molecule has 0 aliphatic carbocycles. The predicted octanol–water partition coefficient (Wildman–Crippen LogP) is 2.02. The van der Waals surface area contributed by atoms with Gasteiger partial charge in [-0.05, 0) is 13.8 Å². The van der Waals surface area contributed by atoms with E-state index in [4.69, 9.17) is 5.84 Å². The number of hydrogen-bond donors (Lipinski definition) is 3. The van der Waals surface area contributed by atoms with E-state index in [1.54, 1.807) is 13.8 Å². The van der Waals surface area contributed by atoms with Gasteiger partial charge in [-0.3, -0.25) is 5.43 Å². The Balaban J connectivity index is 3.29. The highest BCUT2D eigenvalue weighted by Gasteiger charge is 2.26. The van der Waals surface area contributed by atoms with Gasteiger partial charge in [-0.15, -0.1) is 0 Å². The van der Waals surface area contributed by atoms with Crippen LogP contribution in [-0.4, -0.2) is 12.0 Å². The van der Waals surface area contributed by atoms with Gasteiger partial charge in [0.05, 0.1) is 0 Å². The smallest absolute Gasteiger partial charge is 0.210 e. The minimum absolute atomic E-state index is 0.320. The molecule has 19 heavy (non-hydrogen) atoms. The largest absolute Gasteiger partial charge is 0.320 e. The van der Waals surface area contributed by atoms with Crippen LogP contribution in [0, 0.1) is 29.1 Å². The number of aliphatic imine (C=N–C) groups is 1. The first-order valence-electron chi connectivity index (χ1n) is 5.12. The second-order valence-electron chi connectivity index (χ2n) is 3.79. The molecular formula is C10H11F5N4. The molecule has 0 saturated carbocycles. The predicted molar refractivity (Wildman–Crippen MR) is 59.7 cm³/mol. The van der Waals surface area contributed by atoms with Crippen LogP contribution in [0.15, 0.2) is 4.99 Å². The van der Waals surface area contributed by atoms with Crippen molar-refractivity contribution in [3.8, 4) is 0 Å². The molecule has 0 amide bonds. The maximum atomic E-state index is 13.3. The van der Waals surface area contributed by atoms with E-state index in [-0.39, 0.29) is 12.0 Å². The van der Waals surface area contributed by atoms with Crippen LogP contribution in [0.25, 0.3) is 0 Å². The summed E-state index contributed by atoms with van der Waals surface area (Å²) in [7, 11) is 0. The molecule has 9 heteroatoms. The number of nitrogens with two attached hydrogens (primary N) is 1. The van der Waals surface area contributed by atoms with Crippen LogP contribution in [0.3, 0.4) is 0 Å². The van der Waals surface area contributed by atoms with Gasteiger partial charge in [-0.2, -0.15) is 0 Å². The molecule has 4 nitrogen and oxygen atoms in total. The van der Waals surface area contributed by atoms with Gasteiger partial charge in [0.1, 0.15) is 5.69 Å². The molecule has 0 heterocycles. The van der Waals surface area contributed by atoms with Crippen molar-refractivity contribution in [3.63, 3.8) is 0 Å². The molecule has 0 spiro atoms. The topological polar surface area (TPSA) is 62.4 Å². The lowest BCUT2D eigenvalue weighted by molar-refractivity contribution is 0.382. The van der Waals surface area contributed by atoms with Crippen molar-refractivity contribution in [1.82, 2.24) is 5.43 Å². The molecule has 0 bridgehead atoms. The summed E-state index contributed by atoms with van der Waals surface area (Å²) in [6, 6.07) is -0.320. The average molecular weight is 282 g/mol. The van der Waals surface area contributed by atoms with Crippen LogP contribution in [0.1, 0.15) is 13.8 Å². The summed E-state index contributed by atoms with van der Waals surface area (Å²) in [5, 5.41) is 1.92. The number of benzene rings is 1. The van der Waals surface area contributed by atoms with Crippen molar-refractivity contribution in [1.29, 1.82) is 0 Å². The second kappa shape index (κ2) is 5.83. The van der Waals surface area contributed by atoms with E-state index in [0.717, 1.165) is 0 Å². The minimum Gasteiger partial charge on any atom is -0.320 e. The maximum absolute atomic E-state index is 13.3. The van der Waals surface area contributed by atoms with Gasteiger partial charge in [0.2, 0.25) is 11.8 Å². The first-order valence-corrected chi connectivity index (χ1v) is 5.12. The fourth-order valence-corrected chi connectivity index (χ4v) is 1.20. The first-order chi connectivity index (χ1) is 8.79. The standard InChI is InChI=1S/C10H11F5N4/c1-3(2)17-10(19-16)18-9-7(14)5(12)4(11)6(13)8(9)15/h3H,16H2,1-2H3,(H2,17,18,19). The minimum atomic E-state index is -2.23. The second-order valence-corrected chi connectivity index (χ2v) is 3.79. The molecule has 0 aliphatic heterocycles. The Morgan fingerprint density at radius 3 is 1.74 bits per heavy atom. The highest BCUT2D eigenvalue weighted by atomic mass is 19.2. The van der Waals surface area contributed by atoms with Crippen LogP contribution < -0.4 is 16.6 Å². The van der Waals surface area contributed by atoms with Crippen molar-refractivity contribution in [2.24, 2.45) is 10.8 Å². The maximum Gasteiger partial charge on any atom is 0.210 e. The van der Waals surface area contributed by atoms with Crippen molar-refractivity contribution in [2.45, 2.75) is 19.9 Å². The summed E-state index contributed by atoms with van der Waals surface area (Å²) in [6.45, 7) is 3.25. The van der Waals surface area contributed by atoms with Gasteiger partial charge in [-0.1, -0.05) is 0 Å². The zero-order valence-electron chi connectivity index (χ0n) is 9.99. The quantitative estimate of drug-likeness (QED) is 0.148. The summed E-state index contributed by atoms with van der Waals surface area (Å²) in [5.41, 5.74) is 0.729. The Labute approximate surface area is 105 Å². The molecule has 0 radical (unpaired) electrons. The normalized spacial score (nSPS) is 11.9. The van der Waals surface area contributed by atoms with Crippen LogP contribution in [-0.2, 0) is 0 Å². The Morgan fingerprint density at radius 1 is 0.947 bits per heavy atom. The lowest BCUT2D eigenvalue weighted by Crippen LogP contribution is -2.37. The van der Waals surface area contributed by atoms with E-state index in [1.165, 1.54) is 0 Å². The van der Waals surface area contributed by atoms with Crippen LogP contribution in [0.5, 0.6) is 0 Å². The zero-order chi connectivity index (χ0) is 14.7. The lowest BCUT2D eigenvalue weighted by atomic mass is 10.2. The molecule has 4 N–H and O–H groups in total. The van der Waals surface area contributed by atoms with E-state index in [0.29, 0.717) is 0 Å². The molecule has 1 aromatic rings. The van der Waals surface area contributed by atoms with Crippen LogP contribution >= 0.6 is 0 Å². The molecule has 0 aliphatic rings. The molecule has 0 saturated heterocycles. The van der Waals surface area contributed by atoms with Gasteiger partial charge in [-0.25, -0.2) is 32.8 Å². The van der Waals surface area contributed by atoms with Gasteiger partial charge >= 0.3 is 0 Å². The van der Waals surface area contributed by atoms with E-state index in [2.05, 4.69) is 4.99 Å². The number of hydrazine groups is 1. The Morgan fingerprint density at radius 2 is 1.37 bits per heavy atom. The number of anilines is 1. The number of nitrogens with one attached hydrogen (secondary N) is 2. The van der Waals surface area contributed by atoms with Gasteiger partial charge in [0.25, 0.3) is 0 Å². The van der Waals surface area contributed by atoms with Crippen molar-refractivity contribution < 1.29 is 22.0 Å². The highest BCUT2D eigenvalue weighted by Crippen LogP contribution is 2.26. The Kier molecular flexibility index (Phi) is 4.65. The van der Waals surface area contributed by atoms with Crippen molar-refractivity contribution >= 4 is 11.6 Å². The molecular weight excluding hydrogens is 271 g/mol. The third-order valence-corrected chi connectivity index (χ3v) is 1.98. The molecule has 1 rings (SSSR count). The number of nitrogens with zero attached hydrogens (tertiary/aromatic N) is 1. The molecule has 0 fully saturated rings. The van der Waals surface area contributed by atoms with Gasteiger partial charge < -0.3 is 5.32 Å². The lowest BCUT2D eigenvalue weighted by Gasteiger charge is -2.13. The fraction of sp³-hybridized carbons (Fsp3) is 0.300. The van der Waals surface area contributed by atoms with E-state index < -0.39 is 34.8 Å². The third-order valence-electron chi connectivity index (χ3n) is 1.98. The molecule has 0 aromatic heterocycles. The highest BCUT2D eigenvalue weighted by molar-refractivity contribution is 5.93. The van der Waals surface area contributed by atoms with E-state index in [1.807, 2.05) is 10.7 Å². The fourth-order valence-electron chi connectivity index (χ4n) is 1.20. The summed E-state index contributed by atoms with van der Waals surface area (Å²) in [4.78, 5) is 3.75. The Hall–Kier alpha value is -1.90. The van der Waals surface area contributed by atoms with E-state index in [9.17, 15) is 22.0 Å². The van der Waals surface area contributed by atoms with Gasteiger partial charge in [0.15, 0.2) is 23.3 Å².